The van der Waals surface area contributed by atoms with Gasteiger partial charge in [-0.3, -0.25) is 9.69 Å². The zero-order chi connectivity index (χ0) is 24.3. The number of benzene rings is 2. The van der Waals surface area contributed by atoms with Crippen LogP contribution in [0.5, 0.6) is 5.75 Å². The van der Waals surface area contributed by atoms with Gasteiger partial charge in [-0.1, -0.05) is 18.2 Å². The first kappa shape index (κ1) is 24.7. The predicted molar refractivity (Wildman–Crippen MR) is 131 cm³/mol. The molecule has 1 saturated heterocycles. The fourth-order valence-corrected chi connectivity index (χ4v) is 5.33. The van der Waals surface area contributed by atoms with Gasteiger partial charge in [0.25, 0.3) is 0 Å². The van der Waals surface area contributed by atoms with Crippen LogP contribution in [0.25, 0.3) is 11.1 Å². The molecule has 0 saturated carbocycles. The number of hydrogen-bond donors (Lipinski definition) is 0. The number of amides is 1. The number of sulfone groups is 1. The first-order valence-corrected chi connectivity index (χ1v) is 13.9. The van der Waals surface area contributed by atoms with E-state index in [9.17, 15) is 13.2 Å². The van der Waals surface area contributed by atoms with Crippen LogP contribution in [0.3, 0.4) is 0 Å². The zero-order valence-corrected chi connectivity index (χ0v) is 21.0. The third-order valence-corrected chi connectivity index (χ3v) is 7.94. The van der Waals surface area contributed by atoms with E-state index in [0.29, 0.717) is 24.0 Å². The Morgan fingerprint density at radius 2 is 1.68 bits per heavy atom. The molecule has 1 fully saturated rings. The van der Waals surface area contributed by atoms with Crippen LogP contribution in [0.1, 0.15) is 32.3 Å². The van der Waals surface area contributed by atoms with Gasteiger partial charge in [-0.2, -0.15) is 0 Å². The molecule has 0 aliphatic carbocycles. The lowest BCUT2D eigenvalue weighted by molar-refractivity contribution is -0.150. The normalized spacial score (nSPS) is 19.3. The Balaban J connectivity index is 1.34. The smallest absolute Gasteiger partial charge is 0.236 e. The van der Waals surface area contributed by atoms with E-state index in [1.165, 1.54) is 6.26 Å². The second kappa shape index (κ2) is 10.5. The minimum atomic E-state index is -3.21. The lowest BCUT2D eigenvalue weighted by atomic mass is 9.95. The zero-order valence-electron chi connectivity index (χ0n) is 20.2. The summed E-state index contributed by atoms with van der Waals surface area (Å²) in [7, 11) is -3.21. The Labute approximate surface area is 202 Å². The van der Waals surface area contributed by atoms with Gasteiger partial charge in [0.15, 0.2) is 9.84 Å². The van der Waals surface area contributed by atoms with Crippen molar-refractivity contribution in [3.8, 4) is 16.9 Å². The summed E-state index contributed by atoms with van der Waals surface area (Å²) < 4.78 is 35.7. The fourth-order valence-electron chi connectivity index (χ4n) is 4.70. The molecule has 2 aliphatic heterocycles. The Bertz CT molecular complexity index is 1100. The van der Waals surface area contributed by atoms with Gasteiger partial charge in [-0.05, 0) is 75.2 Å². The molecule has 34 heavy (non-hydrogen) atoms. The maximum atomic E-state index is 12.4. The van der Waals surface area contributed by atoms with E-state index in [2.05, 4.69) is 4.90 Å². The van der Waals surface area contributed by atoms with Crippen LogP contribution in [0.2, 0.25) is 0 Å². The highest BCUT2D eigenvalue weighted by Crippen LogP contribution is 2.35. The summed E-state index contributed by atoms with van der Waals surface area (Å²) in [5.41, 5.74) is 2.93. The number of nitrogens with zero attached hydrogens (tertiary/aromatic N) is 2. The Morgan fingerprint density at radius 3 is 2.29 bits per heavy atom. The van der Waals surface area contributed by atoms with E-state index < -0.39 is 9.84 Å². The van der Waals surface area contributed by atoms with Crippen LogP contribution in [0.4, 0.5) is 0 Å². The second-order valence-corrected chi connectivity index (χ2v) is 11.1. The Hall–Kier alpha value is -2.42. The number of carbonyl (C=O) groups excluding carboxylic acids is 1. The molecular formula is C26H34N2O5S. The first-order chi connectivity index (χ1) is 16.3. The van der Waals surface area contributed by atoms with Crippen LogP contribution in [-0.4, -0.2) is 69.4 Å². The minimum Gasteiger partial charge on any atom is -0.464 e. The van der Waals surface area contributed by atoms with Crippen molar-refractivity contribution in [3.63, 3.8) is 0 Å². The van der Waals surface area contributed by atoms with Crippen molar-refractivity contribution >= 4 is 15.7 Å². The Morgan fingerprint density at radius 1 is 1.03 bits per heavy atom. The fraction of sp³-hybridized carbons (Fsp3) is 0.500. The molecule has 8 heteroatoms. The predicted octanol–water partition coefficient (Wildman–Crippen LogP) is 3.57. The molecule has 0 bridgehead atoms. The molecule has 1 amide bonds. The Kier molecular flexibility index (Phi) is 7.60. The third kappa shape index (κ3) is 5.62. The summed E-state index contributed by atoms with van der Waals surface area (Å²) in [6.45, 7) is 8.24. The maximum absolute atomic E-state index is 12.4. The summed E-state index contributed by atoms with van der Waals surface area (Å²) in [5, 5.41) is 0. The summed E-state index contributed by atoms with van der Waals surface area (Å²) in [6.07, 6.45) is 2.82. The van der Waals surface area contributed by atoms with Crippen LogP contribution >= 0.6 is 0 Å². The van der Waals surface area contributed by atoms with E-state index in [-0.39, 0.29) is 12.2 Å². The standard InChI is InChI=1S/C26H34N2O5S/c1-4-28(5-2)25(29)17-27-14-12-20(13-15-27)26-32-18-22-16-21(8-11-24(22)33-26)19-6-9-23(10-7-19)34(3,30)31/h6-11,16,20,26H,4-5,12-15,17-18H2,1-3H3. The molecule has 1 unspecified atom stereocenters. The van der Waals surface area contributed by atoms with E-state index in [0.717, 1.165) is 61.5 Å². The van der Waals surface area contributed by atoms with Gasteiger partial charge < -0.3 is 14.4 Å². The maximum Gasteiger partial charge on any atom is 0.236 e. The number of ether oxygens (including phenoxy) is 2. The third-order valence-electron chi connectivity index (χ3n) is 6.81. The molecule has 1 atom stereocenters. The molecule has 0 radical (unpaired) electrons. The minimum absolute atomic E-state index is 0.198. The van der Waals surface area contributed by atoms with Crippen molar-refractivity contribution in [2.75, 3.05) is 39.0 Å². The molecular weight excluding hydrogens is 452 g/mol. The quantitative estimate of drug-likeness (QED) is 0.596. The second-order valence-electron chi connectivity index (χ2n) is 9.10. The molecule has 2 aliphatic rings. The van der Waals surface area contributed by atoms with Crippen LogP contribution in [0.15, 0.2) is 47.4 Å². The molecule has 2 heterocycles. The van der Waals surface area contributed by atoms with E-state index in [1.54, 1.807) is 12.1 Å². The van der Waals surface area contributed by atoms with Crippen molar-refractivity contribution in [2.24, 2.45) is 5.92 Å². The molecule has 184 valence electrons. The van der Waals surface area contributed by atoms with Crippen molar-refractivity contribution in [3.05, 3.63) is 48.0 Å². The number of rotatable bonds is 7. The summed E-state index contributed by atoms with van der Waals surface area (Å²) >= 11 is 0. The molecule has 2 aromatic rings. The van der Waals surface area contributed by atoms with Crippen LogP contribution in [-0.2, 0) is 26.0 Å². The molecule has 4 rings (SSSR count). The molecule has 0 aromatic heterocycles. The molecule has 2 aromatic carbocycles. The lowest BCUT2D eigenvalue weighted by Gasteiger charge is -2.38. The van der Waals surface area contributed by atoms with Gasteiger partial charge in [0.1, 0.15) is 5.75 Å². The number of fused-ring (bicyclic) bond motifs is 1. The van der Waals surface area contributed by atoms with Gasteiger partial charge in [-0.15, -0.1) is 0 Å². The molecule has 0 N–H and O–H groups in total. The van der Waals surface area contributed by atoms with E-state index in [1.807, 2.05) is 49.1 Å². The SMILES string of the molecule is CCN(CC)C(=O)CN1CCC(C2OCc3cc(-c4ccc(S(C)(=O)=O)cc4)ccc3O2)CC1. The number of likely N-dealkylation sites (tertiary alicyclic amines) is 1. The first-order valence-electron chi connectivity index (χ1n) is 12.0. The number of piperidine rings is 1. The summed E-state index contributed by atoms with van der Waals surface area (Å²) in [4.78, 5) is 16.8. The highest BCUT2D eigenvalue weighted by Gasteiger charge is 2.32. The average Bonchev–Trinajstić information content (AvgIpc) is 2.84. The summed E-state index contributed by atoms with van der Waals surface area (Å²) in [6, 6.07) is 12.9. The van der Waals surface area contributed by atoms with Crippen molar-refractivity contribution in [2.45, 2.75) is 44.5 Å². The largest absolute Gasteiger partial charge is 0.464 e. The molecule has 7 nitrogen and oxygen atoms in total. The van der Waals surface area contributed by atoms with Gasteiger partial charge >= 0.3 is 0 Å². The average molecular weight is 487 g/mol. The van der Waals surface area contributed by atoms with Crippen LogP contribution < -0.4 is 4.74 Å². The topological polar surface area (TPSA) is 76.2 Å². The number of likely N-dealkylation sites (N-methyl/N-ethyl adjacent to an activating group) is 1. The monoisotopic (exact) mass is 486 g/mol. The number of hydrogen-bond acceptors (Lipinski definition) is 6. The molecule has 0 spiro atoms. The highest BCUT2D eigenvalue weighted by atomic mass is 32.2. The highest BCUT2D eigenvalue weighted by molar-refractivity contribution is 7.90. The van der Waals surface area contributed by atoms with Crippen molar-refractivity contribution in [1.29, 1.82) is 0 Å². The van der Waals surface area contributed by atoms with Crippen LogP contribution in [0, 0.1) is 5.92 Å². The van der Waals surface area contributed by atoms with Gasteiger partial charge in [0.2, 0.25) is 12.2 Å². The van der Waals surface area contributed by atoms with Gasteiger partial charge in [-0.25, -0.2) is 8.42 Å². The van der Waals surface area contributed by atoms with E-state index >= 15 is 0 Å². The number of carbonyl (C=O) groups is 1. The van der Waals surface area contributed by atoms with Gasteiger partial charge in [0, 0.05) is 30.8 Å². The van der Waals surface area contributed by atoms with Crippen molar-refractivity contribution < 1.29 is 22.7 Å². The van der Waals surface area contributed by atoms with E-state index in [4.69, 9.17) is 9.47 Å². The summed E-state index contributed by atoms with van der Waals surface area (Å²) in [5.74, 6) is 1.34. The van der Waals surface area contributed by atoms with Crippen molar-refractivity contribution in [1.82, 2.24) is 9.80 Å². The lowest BCUT2D eigenvalue weighted by Crippen LogP contribution is -2.46. The van der Waals surface area contributed by atoms with Gasteiger partial charge in [0.05, 0.1) is 18.0 Å².